The first kappa shape index (κ1) is 18.9. The molecular formula is C21H21NO4S. The second-order valence-corrected chi connectivity index (χ2v) is 6.81. The van der Waals surface area contributed by atoms with Gasteiger partial charge in [-0.1, -0.05) is 24.3 Å². The maximum absolute atomic E-state index is 11.8. The number of nitrogens with one attached hydrogen (secondary N) is 1. The Bertz CT molecular complexity index is 949. The van der Waals surface area contributed by atoms with E-state index in [1.54, 1.807) is 18.9 Å². The third-order valence-corrected chi connectivity index (χ3v) is 4.67. The molecule has 6 heteroatoms. The Morgan fingerprint density at radius 3 is 2.30 bits per heavy atom. The molecule has 0 atom stereocenters. The number of hydrogen-bond donors (Lipinski definition) is 2. The first-order chi connectivity index (χ1) is 13.1. The van der Waals surface area contributed by atoms with Gasteiger partial charge in [-0.2, -0.15) is 11.8 Å². The molecule has 1 aromatic heterocycles. The molecule has 0 amide bonds. The van der Waals surface area contributed by atoms with Crippen molar-refractivity contribution in [1.29, 1.82) is 0 Å². The van der Waals surface area contributed by atoms with Gasteiger partial charge in [-0.25, -0.2) is 0 Å². The van der Waals surface area contributed by atoms with Crippen molar-refractivity contribution in [1.82, 2.24) is 0 Å². The average molecular weight is 383 g/mol. The van der Waals surface area contributed by atoms with Gasteiger partial charge >= 0.3 is 0 Å². The summed E-state index contributed by atoms with van der Waals surface area (Å²) in [6.07, 6.45) is 1.93. The summed E-state index contributed by atoms with van der Waals surface area (Å²) in [6.45, 7) is 0.227. The molecule has 0 aliphatic heterocycles. The Balaban J connectivity index is 1.71. The van der Waals surface area contributed by atoms with Crippen LogP contribution in [-0.4, -0.2) is 18.5 Å². The van der Waals surface area contributed by atoms with E-state index >= 15 is 0 Å². The van der Waals surface area contributed by atoms with Crippen molar-refractivity contribution in [3.8, 4) is 22.6 Å². The molecule has 0 saturated carbocycles. The maximum Gasteiger partial charge on any atom is 0.227 e. The minimum Gasteiger partial charge on any atom is -0.502 e. The van der Waals surface area contributed by atoms with Crippen molar-refractivity contribution >= 4 is 17.4 Å². The van der Waals surface area contributed by atoms with E-state index in [0.717, 1.165) is 22.6 Å². The van der Waals surface area contributed by atoms with Crippen molar-refractivity contribution in [3.63, 3.8) is 0 Å². The van der Waals surface area contributed by atoms with Gasteiger partial charge in [0, 0.05) is 11.8 Å². The van der Waals surface area contributed by atoms with Crippen molar-refractivity contribution in [3.05, 3.63) is 76.3 Å². The van der Waals surface area contributed by atoms with Crippen LogP contribution < -0.4 is 15.5 Å². The zero-order chi connectivity index (χ0) is 19.2. The Hall–Kier alpha value is -2.86. The van der Waals surface area contributed by atoms with E-state index in [0.29, 0.717) is 11.5 Å². The SMILES string of the molecule is COc1ccc(-c2ccc(NCc3oc(CSC)cc(=O)c3O)cc2)cc1. The van der Waals surface area contributed by atoms with E-state index in [4.69, 9.17) is 9.15 Å². The fourth-order valence-electron chi connectivity index (χ4n) is 2.67. The Morgan fingerprint density at radius 1 is 1.07 bits per heavy atom. The summed E-state index contributed by atoms with van der Waals surface area (Å²) in [5.74, 6) is 1.85. The largest absolute Gasteiger partial charge is 0.502 e. The third-order valence-electron chi connectivity index (χ3n) is 4.09. The van der Waals surface area contributed by atoms with Gasteiger partial charge < -0.3 is 19.6 Å². The van der Waals surface area contributed by atoms with Crippen LogP contribution in [0.5, 0.6) is 11.5 Å². The van der Waals surface area contributed by atoms with Crippen LogP contribution in [-0.2, 0) is 12.3 Å². The molecule has 2 aromatic carbocycles. The number of hydrogen-bond acceptors (Lipinski definition) is 6. The van der Waals surface area contributed by atoms with E-state index in [-0.39, 0.29) is 18.1 Å². The molecule has 27 heavy (non-hydrogen) atoms. The molecule has 0 spiro atoms. The molecule has 0 aliphatic rings. The van der Waals surface area contributed by atoms with Crippen LogP contribution in [0, 0.1) is 0 Å². The molecule has 3 rings (SSSR count). The van der Waals surface area contributed by atoms with Gasteiger partial charge in [0.1, 0.15) is 11.5 Å². The Kier molecular flexibility index (Phi) is 6.08. The van der Waals surface area contributed by atoms with E-state index in [2.05, 4.69) is 5.32 Å². The quantitative estimate of drug-likeness (QED) is 0.626. The lowest BCUT2D eigenvalue weighted by atomic mass is 10.1. The van der Waals surface area contributed by atoms with Crippen LogP contribution in [0.4, 0.5) is 5.69 Å². The molecule has 0 saturated heterocycles. The first-order valence-corrected chi connectivity index (χ1v) is 9.82. The highest BCUT2D eigenvalue weighted by Gasteiger charge is 2.11. The predicted octanol–water partition coefficient (Wildman–Crippen LogP) is 4.50. The maximum atomic E-state index is 11.8. The molecule has 0 radical (unpaired) electrons. The number of methoxy groups -OCH3 is 1. The van der Waals surface area contributed by atoms with Gasteiger partial charge in [-0.15, -0.1) is 0 Å². The van der Waals surface area contributed by atoms with Gasteiger partial charge in [-0.3, -0.25) is 4.79 Å². The smallest absolute Gasteiger partial charge is 0.227 e. The number of thioether (sulfide) groups is 1. The molecule has 0 bridgehead atoms. The lowest BCUT2D eigenvalue weighted by Crippen LogP contribution is -2.08. The van der Waals surface area contributed by atoms with E-state index < -0.39 is 5.43 Å². The summed E-state index contributed by atoms with van der Waals surface area (Å²) >= 11 is 1.55. The molecule has 0 fully saturated rings. The second-order valence-electron chi connectivity index (χ2n) is 5.94. The van der Waals surface area contributed by atoms with Gasteiger partial charge in [0.15, 0.2) is 5.76 Å². The van der Waals surface area contributed by atoms with Crippen LogP contribution >= 0.6 is 11.8 Å². The van der Waals surface area contributed by atoms with Gasteiger partial charge in [-0.05, 0) is 41.6 Å². The highest BCUT2D eigenvalue weighted by Crippen LogP contribution is 2.24. The van der Waals surface area contributed by atoms with Crippen LogP contribution in [0.2, 0.25) is 0 Å². The monoisotopic (exact) mass is 383 g/mol. The summed E-state index contributed by atoms with van der Waals surface area (Å²) in [4.78, 5) is 11.8. The topological polar surface area (TPSA) is 71.7 Å². The molecule has 2 N–H and O–H groups in total. The fraction of sp³-hybridized carbons (Fsp3) is 0.190. The first-order valence-electron chi connectivity index (χ1n) is 8.43. The molecule has 0 aliphatic carbocycles. The lowest BCUT2D eigenvalue weighted by molar-refractivity contribution is 0.391. The van der Waals surface area contributed by atoms with Crippen molar-refractivity contribution in [2.75, 3.05) is 18.7 Å². The fourth-order valence-corrected chi connectivity index (χ4v) is 3.09. The van der Waals surface area contributed by atoms with E-state index in [1.807, 2.05) is 54.8 Å². The van der Waals surface area contributed by atoms with Crippen molar-refractivity contribution in [2.45, 2.75) is 12.3 Å². The zero-order valence-corrected chi connectivity index (χ0v) is 16.0. The predicted molar refractivity (Wildman–Crippen MR) is 110 cm³/mol. The van der Waals surface area contributed by atoms with Crippen molar-refractivity contribution in [2.24, 2.45) is 0 Å². The number of benzene rings is 2. The minimum atomic E-state index is -0.419. The van der Waals surface area contributed by atoms with Crippen LogP contribution in [0.1, 0.15) is 11.5 Å². The lowest BCUT2D eigenvalue weighted by Gasteiger charge is -2.10. The van der Waals surface area contributed by atoms with Crippen LogP contribution in [0.25, 0.3) is 11.1 Å². The summed E-state index contributed by atoms with van der Waals surface area (Å²) in [6, 6.07) is 17.1. The highest BCUT2D eigenvalue weighted by atomic mass is 32.2. The molecule has 3 aromatic rings. The van der Waals surface area contributed by atoms with Crippen molar-refractivity contribution < 1.29 is 14.3 Å². The number of rotatable bonds is 7. The van der Waals surface area contributed by atoms with Gasteiger partial charge in [0.2, 0.25) is 11.2 Å². The van der Waals surface area contributed by atoms with Gasteiger partial charge in [0.25, 0.3) is 0 Å². The summed E-state index contributed by atoms with van der Waals surface area (Å²) < 4.78 is 10.8. The zero-order valence-electron chi connectivity index (χ0n) is 15.2. The summed E-state index contributed by atoms with van der Waals surface area (Å²) in [7, 11) is 1.64. The molecule has 0 unspecified atom stereocenters. The normalized spacial score (nSPS) is 10.6. The average Bonchev–Trinajstić information content (AvgIpc) is 2.70. The minimum absolute atomic E-state index is 0.227. The highest BCUT2D eigenvalue weighted by molar-refractivity contribution is 7.97. The van der Waals surface area contributed by atoms with Crippen LogP contribution in [0.3, 0.4) is 0 Å². The van der Waals surface area contributed by atoms with Gasteiger partial charge in [0.05, 0.1) is 19.4 Å². The second kappa shape index (κ2) is 8.68. The number of anilines is 1. The molecular weight excluding hydrogens is 362 g/mol. The Morgan fingerprint density at radius 2 is 1.70 bits per heavy atom. The molecule has 140 valence electrons. The number of ether oxygens (including phenoxy) is 1. The summed E-state index contributed by atoms with van der Waals surface area (Å²) in [5.41, 5.74) is 2.62. The Labute approximate surface area is 162 Å². The standard InChI is InChI=1S/C21H21NO4S/c1-25-17-9-5-15(6-10-17)14-3-7-16(8-4-14)22-12-20-21(24)19(23)11-18(26-20)13-27-2/h3-11,22,24H,12-13H2,1-2H3. The van der Waals surface area contributed by atoms with Crippen LogP contribution in [0.15, 0.2) is 63.8 Å². The molecule has 1 heterocycles. The molecule has 5 nitrogen and oxygen atoms in total. The number of aromatic hydroxyl groups is 1. The van der Waals surface area contributed by atoms with E-state index in [9.17, 15) is 9.90 Å². The van der Waals surface area contributed by atoms with E-state index in [1.165, 1.54) is 6.07 Å². The third kappa shape index (κ3) is 4.65. The summed E-state index contributed by atoms with van der Waals surface area (Å²) in [5, 5.41) is 13.1.